The third kappa shape index (κ3) is 3.43. The lowest BCUT2D eigenvalue weighted by atomic mass is 9.90. The monoisotopic (exact) mass is 244 g/mol. The van der Waals surface area contributed by atoms with Crippen molar-refractivity contribution in [2.45, 2.75) is 12.0 Å². The number of hydrogen-bond donors (Lipinski definition) is 2. The number of aliphatic hydroxyl groups is 1. The topological polar surface area (TPSA) is 57.5 Å². The highest BCUT2D eigenvalue weighted by Gasteiger charge is 2.36. The van der Waals surface area contributed by atoms with E-state index < -0.39 is 11.6 Å². The lowest BCUT2D eigenvalue weighted by Gasteiger charge is -2.22. The third-order valence-electron chi connectivity index (χ3n) is 2.51. The van der Waals surface area contributed by atoms with Crippen LogP contribution in [-0.4, -0.2) is 16.2 Å². The fourth-order valence-electron chi connectivity index (χ4n) is 1.50. The molecule has 18 heavy (non-hydrogen) atoms. The fourth-order valence-corrected chi connectivity index (χ4v) is 1.50. The Morgan fingerprint density at radius 2 is 1.89 bits per heavy atom. The molecular weight excluding hydrogens is 228 g/mol. The normalized spacial score (nSPS) is 14.7. The zero-order valence-corrected chi connectivity index (χ0v) is 9.99. The Labute approximate surface area is 106 Å². The second kappa shape index (κ2) is 6.57. The van der Waals surface area contributed by atoms with Crippen LogP contribution in [0.25, 0.3) is 0 Å². The summed E-state index contributed by atoms with van der Waals surface area (Å²) in [5, 5.41) is 19.4. The van der Waals surface area contributed by atoms with Gasteiger partial charge in [0.05, 0.1) is 0 Å². The molecule has 1 aromatic carbocycles. The summed E-state index contributed by atoms with van der Waals surface area (Å²) in [6.07, 6.45) is 8.36. The zero-order chi connectivity index (χ0) is 13.4. The molecule has 0 spiro atoms. The van der Waals surface area contributed by atoms with Crippen LogP contribution >= 0.6 is 0 Å². The minimum absolute atomic E-state index is 0.00777. The van der Waals surface area contributed by atoms with Crippen LogP contribution in [0.2, 0.25) is 0 Å². The van der Waals surface area contributed by atoms with Crippen LogP contribution in [0, 0.1) is 0 Å². The molecule has 3 nitrogen and oxygen atoms in total. The first kappa shape index (κ1) is 13.9. The van der Waals surface area contributed by atoms with Crippen molar-refractivity contribution in [2.24, 2.45) is 0 Å². The van der Waals surface area contributed by atoms with E-state index in [0.717, 1.165) is 0 Å². The number of allylic oxidation sites excluding steroid dienone is 4. The van der Waals surface area contributed by atoms with Gasteiger partial charge in [0.2, 0.25) is 0 Å². The van der Waals surface area contributed by atoms with Crippen LogP contribution < -0.4 is 0 Å². The Kier molecular flexibility index (Phi) is 5.08. The number of benzene rings is 1. The molecule has 0 aliphatic rings. The van der Waals surface area contributed by atoms with Crippen molar-refractivity contribution in [3.05, 3.63) is 72.9 Å². The molecule has 0 fully saturated rings. The highest BCUT2D eigenvalue weighted by atomic mass is 16.4. The van der Waals surface area contributed by atoms with E-state index in [1.807, 2.05) is 0 Å². The predicted octanol–water partition coefficient (Wildman–Crippen LogP) is 2.65. The molecule has 0 aliphatic carbocycles. The Morgan fingerprint density at radius 1 is 1.22 bits per heavy atom. The average Bonchev–Trinajstić information content (AvgIpc) is 2.39. The van der Waals surface area contributed by atoms with E-state index in [0.29, 0.717) is 5.56 Å². The largest absolute Gasteiger partial charge is 0.479 e. The van der Waals surface area contributed by atoms with Crippen molar-refractivity contribution in [1.82, 2.24) is 0 Å². The van der Waals surface area contributed by atoms with E-state index in [2.05, 4.69) is 6.58 Å². The molecular formula is C15H16O3. The summed E-state index contributed by atoms with van der Waals surface area (Å²) < 4.78 is 0. The van der Waals surface area contributed by atoms with Gasteiger partial charge in [-0.1, -0.05) is 67.3 Å². The van der Waals surface area contributed by atoms with E-state index in [4.69, 9.17) is 0 Å². The minimum atomic E-state index is -1.89. The van der Waals surface area contributed by atoms with Crippen molar-refractivity contribution in [3.8, 4) is 0 Å². The third-order valence-corrected chi connectivity index (χ3v) is 2.51. The van der Waals surface area contributed by atoms with Crippen molar-refractivity contribution in [3.63, 3.8) is 0 Å². The molecule has 0 amide bonds. The van der Waals surface area contributed by atoms with Crippen LogP contribution in [0.4, 0.5) is 0 Å². The van der Waals surface area contributed by atoms with Gasteiger partial charge in [0, 0.05) is 6.42 Å². The van der Waals surface area contributed by atoms with Gasteiger partial charge in [0.15, 0.2) is 5.60 Å². The van der Waals surface area contributed by atoms with Gasteiger partial charge in [0.1, 0.15) is 0 Å². The maximum atomic E-state index is 11.2. The molecule has 0 aliphatic heterocycles. The summed E-state index contributed by atoms with van der Waals surface area (Å²) in [4.78, 5) is 11.2. The zero-order valence-electron chi connectivity index (χ0n) is 9.99. The smallest absolute Gasteiger partial charge is 0.340 e. The molecule has 3 heteroatoms. The molecule has 0 radical (unpaired) electrons. The van der Waals surface area contributed by atoms with Crippen LogP contribution in [0.1, 0.15) is 12.0 Å². The van der Waals surface area contributed by atoms with E-state index >= 15 is 0 Å². The SMILES string of the molecule is C=C/C=C\C=C/CC(O)(C(=O)O)c1ccccc1. The number of carboxylic acid groups (broad SMARTS) is 1. The molecule has 2 N–H and O–H groups in total. The van der Waals surface area contributed by atoms with Crippen molar-refractivity contribution in [2.75, 3.05) is 0 Å². The molecule has 0 aromatic heterocycles. The molecule has 1 unspecified atom stereocenters. The van der Waals surface area contributed by atoms with Gasteiger partial charge in [-0.3, -0.25) is 0 Å². The van der Waals surface area contributed by atoms with Gasteiger partial charge in [-0.15, -0.1) is 0 Å². The Morgan fingerprint density at radius 3 is 2.44 bits per heavy atom. The fraction of sp³-hybridized carbons (Fsp3) is 0.133. The molecule has 1 atom stereocenters. The summed E-state index contributed by atoms with van der Waals surface area (Å²) in [5.74, 6) is -1.26. The lowest BCUT2D eigenvalue weighted by molar-refractivity contribution is -0.159. The number of carbonyl (C=O) groups is 1. The highest BCUT2D eigenvalue weighted by Crippen LogP contribution is 2.25. The molecule has 0 heterocycles. The van der Waals surface area contributed by atoms with E-state index in [1.165, 1.54) is 0 Å². The molecule has 94 valence electrons. The molecule has 1 rings (SSSR count). The Hall–Kier alpha value is -2.13. The lowest BCUT2D eigenvalue weighted by Crippen LogP contribution is -2.34. The second-order valence-electron chi connectivity index (χ2n) is 3.78. The number of hydrogen-bond acceptors (Lipinski definition) is 2. The summed E-state index contributed by atoms with van der Waals surface area (Å²) >= 11 is 0. The molecule has 0 saturated carbocycles. The maximum absolute atomic E-state index is 11.2. The second-order valence-corrected chi connectivity index (χ2v) is 3.78. The van der Waals surface area contributed by atoms with Crippen molar-refractivity contribution < 1.29 is 15.0 Å². The van der Waals surface area contributed by atoms with E-state index in [1.54, 1.807) is 60.7 Å². The van der Waals surface area contributed by atoms with Gasteiger partial charge < -0.3 is 10.2 Å². The average molecular weight is 244 g/mol. The van der Waals surface area contributed by atoms with E-state index in [-0.39, 0.29) is 6.42 Å². The van der Waals surface area contributed by atoms with Crippen LogP contribution in [0.5, 0.6) is 0 Å². The first-order valence-corrected chi connectivity index (χ1v) is 5.57. The van der Waals surface area contributed by atoms with Gasteiger partial charge in [-0.05, 0) is 5.56 Å². The first-order chi connectivity index (χ1) is 8.61. The number of carboxylic acids is 1. The summed E-state index contributed by atoms with van der Waals surface area (Å²) in [5.41, 5.74) is -1.52. The van der Waals surface area contributed by atoms with E-state index in [9.17, 15) is 15.0 Å². The Balaban J connectivity index is 2.89. The summed E-state index contributed by atoms with van der Waals surface area (Å²) in [6, 6.07) is 8.37. The first-order valence-electron chi connectivity index (χ1n) is 5.57. The minimum Gasteiger partial charge on any atom is -0.479 e. The quantitative estimate of drug-likeness (QED) is 0.756. The molecule has 1 aromatic rings. The summed E-state index contributed by atoms with van der Waals surface area (Å²) in [7, 11) is 0. The van der Waals surface area contributed by atoms with Gasteiger partial charge >= 0.3 is 5.97 Å². The maximum Gasteiger partial charge on any atom is 0.340 e. The number of rotatable bonds is 6. The van der Waals surface area contributed by atoms with Crippen LogP contribution in [0.15, 0.2) is 67.3 Å². The Bertz CT molecular complexity index is 460. The van der Waals surface area contributed by atoms with Gasteiger partial charge in [-0.2, -0.15) is 0 Å². The van der Waals surface area contributed by atoms with Crippen LogP contribution in [-0.2, 0) is 10.4 Å². The molecule has 0 bridgehead atoms. The van der Waals surface area contributed by atoms with Gasteiger partial charge in [0.25, 0.3) is 0 Å². The standard InChI is InChI=1S/C15H16O3/c1-2-3-4-5-9-12-15(18,14(16)17)13-10-7-6-8-11-13/h2-11,18H,1,12H2,(H,16,17)/b4-3-,9-5-. The predicted molar refractivity (Wildman–Crippen MR) is 71.1 cm³/mol. The summed E-state index contributed by atoms with van der Waals surface area (Å²) in [6.45, 7) is 3.52. The van der Waals surface area contributed by atoms with Gasteiger partial charge in [-0.25, -0.2) is 4.79 Å². The highest BCUT2D eigenvalue weighted by molar-refractivity contribution is 5.79. The van der Waals surface area contributed by atoms with Crippen molar-refractivity contribution >= 4 is 5.97 Å². The van der Waals surface area contributed by atoms with Crippen molar-refractivity contribution in [1.29, 1.82) is 0 Å². The molecule has 0 saturated heterocycles. The van der Waals surface area contributed by atoms with Crippen LogP contribution in [0.3, 0.4) is 0 Å². The number of aliphatic carboxylic acids is 1.